The lowest BCUT2D eigenvalue weighted by atomic mass is 10.1. The van der Waals surface area contributed by atoms with Crippen LogP contribution in [-0.4, -0.2) is 42.0 Å². The number of nitrogens with zero attached hydrogens (tertiary/aromatic N) is 5. The molecule has 8 nitrogen and oxygen atoms in total. The fourth-order valence-electron chi connectivity index (χ4n) is 3.19. The molecule has 0 saturated carbocycles. The van der Waals surface area contributed by atoms with Crippen molar-refractivity contribution in [1.82, 2.24) is 24.7 Å². The summed E-state index contributed by atoms with van der Waals surface area (Å²) in [6.07, 6.45) is 1.41. The Labute approximate surface area is 162 Å². The van der Waals surface area contributed by atoms with Gasteiger partial charge in [-0.15, -0.1) is 0 Å². The topological polar surface area (TPSA) is 112 Å². The van der Waals surface area contributed by atoms with Crippen LogP contribution in [0.15, 0.2) is 36.7 Å². The first-order valence-corrected chi connectivity index (χ1v) is 9.09. The van der Waals surface area contributed by atoms with E-state index < -0.39 is 5.60 Å². The third kappa shape index (κ3) is 3.34. The molecule has 0 aliphatic carbocycles. The predicted molar refractivity (Wildman–Crippen MR) is 108 cm³/mol. The molecule has 0 atom stereocenters. The first-order chi connectivity index (χ1) is 13.4. The summed E-state index contributed by atoms with van der Waals surface area (Å²) in [5.41, 5.74) is 8.17. The van der Waals surface area contributed by atoms with Gasteiger partial charge < -0.3 is 15.6 Å². The zero-order valence-corrected chi connectivity index (χ0v) is 16.0. The van der Waals surface area contributed by atoms with Gasteiger partial charge in [0.05, 0.1) is 29.7 Å². The lowest BCUT2D eigenvalue weighted by Gasteiger charge is -2.16. The van der Waals surface area contributed by atoms with Crippen molar-refractivity contribution in [3.8, 4) is 17.1 Å². The predicted octanol–water partition coefficient (Wildman–Crippen LogP) is 2.79. The minimum atomic E-state index is -0.946. The summed E-state index contributed by atoms with van der Waals surface area (Å²) >= 11 is 0. The zero-order chi connectivity index (χ0) is 19.9. The van der Waals surface area contributed by atoms with E-state index in [2.05, 4.69) is 20.1 Å². The Hall–Kier alpha value is -3.26. The fourth-order valence-corrected chi connectivity index (χ4v) is 3.19. The summed E-state index contributed by atoms with van der Waals surface area (Å²) < 4.78 is 7.14. The number of aromatic nitrogens is 5. The minimum Gasteiger partial charge on any atom is -0.478 e. The quantitative estimate of drug-likeness (QED) is 0.549. The normalized spacial score (nSPS) is 12.0. The molecular formula is C20H22N6O2. The van der Waals surface area contributed by atoms with Crippen LogP contribution in [0, 0.1) is 0 Å². The van der Waals surface area contributed by atoms with E-state index in [1.165, 1.54) is 6.33 Å². The molecule has 0 amide bonds. The van der Waals surface area contributed by atoms with Crippen molar-refractivity contribution in [3.05, 3.63) is 36.7 Å². The van der Waals surface area contributed by atoms with Crippen LogP contribution in [0.3, 0.4) is 0 Å². The maximum absolute atomic E-state index is 10.2. The van der Waals surface area contributed by atoms with Gasteiger partial charge in [0.15, 0.2) is 5.65 Å². The van der Waals surface area contributed by atoms with Crippen molar-refractivity contribution in [2.75, 3.05) is 12.3 Å². The van der Waals surface area contributed by atoms with Gasteiger partial charge in [-0.1, -0.05) is 6.07 Å². The second-order valence-electron chi connectivity index (χ2n) is 7.27. The molecule has 28 heavy (non-hydrogen) atoms. The van der Waals surface area contributed by atoms with Crippen LogP contribution in [0.5, 0.6) is 5.88 Å². The second-order valence-corrected chi connectivity index (χ2v) is 7.27. The molecule has 0 saturated heterocycles. The average Bonchev–Trinajstić information content (AvgIpc) is 3.00. The van der Waals surface area contributed by atoms with Crippen molar-refractivity contribution in [2.24, 2.45) is 0 Å². The van der Waals surface area contributed by atoms with E-state index in [1.54, 1.807) is 18.5 Å². The van der Waals surface area contributed by atoms with E-state index in [4.69, 9.17) is 10.5 Å². The van der Waals surface area contributed by atoms with E-state index >= 15 is 0 Å². The summed E-state index contributed by atoms with van der Waals surface area (Å²) in [6.45, 7) is 6.23. The molecule has 3 aromatic heterocycles. The number of rotatable bonds is 5. The van der Waals surface area contributed by atoms with E-state index in [0.29, 0.717) is 35.0 Å². The molecule has 0 unspecified atom stereocenters. The lowest BCUT2D eigenvalue weighted by molar-refractivity contribution is 0.0590. The maximum atomic E-state index is 10.2. The average molecular weight is 378 g/mol. The standard InChI is InChI=1S/C20H22N6O2/c1-4-28-15-8-6-12-9-13(5-7-14(12)24-15)17-16-18(21)22-11-23-19(16)26(25-17)10-20(2,3)27/h5-9,11,27H,4,10H2,1-3H3,(H2,21,22,23). The van der Waals surface area contributed by atoms with Crippen LogP contribution < -0.4 is 10.5 Å². The molecule has 1 aromatic carbocycles. The number of benzene rings is 1. The third-order valence-electron chi connectivity index (χ3n) is 4.32. The summed E-state index contributed by atoms with van der Waals surface area (Å²) in [4.78, 5) is 13.0. The Bertz CT molecular complexity index is 1160. The van der Waals surface area contributed by atoms with Crippen molar-refractivity contribution >= 4 is 27.8 Å². The van der Waals surface area contributed by atoms with Crippen LogP contribution in [0.2, 0.25) is 0 Å². The van der Waals surface area contributed by atoms with Crippen LogP contribution in [0.25, 0.3) is 33.2 Å². The number of hydrogen-bond acceptors (Lipinski definition) is 7. The molecule has 144 valence electrons. The summed E-state index contributed by atoms with van der Waals surface area (Å²) in [7, 11) is 0. The highest BCUT2D eigenvalue weighted by molar-refractivity contribution is 5.99. The highest BCUT2D eigenvalue weighted by Gasteiger charge is 2.21. The summed E-state index contributed by atoms with van der Waals surface area (Å²) in [5, 5.41) is 16.6. The number of aliphatic hydroxyl groups is 1. The molecule has 0 bridgehead atoms. The Morgan fingerprint density at radius 2 is 2.00 bits per heavy atom. The number of nitrogen functional groups attached to an aromatic ring is 1. The lowest BCUT2D eigenvalue weighted by Crippen LogP contribution is -2.26. The van der Waals surface area contributed by atoms with Gasteiger partial charge in [-0.3, -0.25) is 0 Å². The van der Waals surface area contributed by atoms with Gasteiger partial charge in [-0.05, 0) is 39.0 Å². The van der Waals surface area contributed by atoms with Crippen LogP contribution in [0.1, 0.15) is 20.8 Å². The van der Waals surface area contributed by atoms with Gasteiger partial charge in [-0.25, -0.2) is 19.6 Å². The zero-order valence-electron chi connectivity index (χ0n) is 16.0. The molecule has 0 fully saturated rings. The van der Waals surface area contributed by atoms with E-state index in [9.17, 15) is 5.11 Å². The second kappa shape index (κ2) is 6.72. The van der Waals surface area contributed by atoms with Crippen LogP contribution in [-0.2, 0) is 6.54 Å². The molecule has 0 radical (unpaired) electrons. The van der Waals surface area contributed by atoms with Crippen molar-refractivity contribution in [1.29, 1.82) is 0 Å². The van der Waals surface area contributed by atoms with Crippen molar-refractivity contribution in [2.45, 2.75) is 32.9 Å². The smallest absolute Gasteiger partial charge is 0.213 e. The Morgan fingerprint density at radius 1 is 1.18 bits per heavy atom. The van der Waals surface area contributed by atoms with Gasteiger partial charge >= 0.3 is 0 Å². The fraction of sp³-hybridized carbons (Fsp3) is 0.300. The highest BCUT2D eigenvalue weighted by atomic mass is 16.5. The number of fused-ring (bicyclic) bond motifs is 2. The molecule has 0 spiro atoms. The van der Waals surface area contributed by atoms with Gasteiger partial charge in [0.2, 0.25) is 5.88 Å². The van der Waals surface area contributed by atoms with Gasteiger partial charge in [0, 0.05) is 17.0 Å². The van der Waals surface area contributed by atoms with Gasteiger partial charge in [0.1, 0.15) is 17.8 Å². The number of anilines is 1. The summed E-state index contributed by atoms with van der Waals surface area (Å²) in [5.74, 6) is 0.951. The van der Waals surface area contributed by atoms with E-state index in [-0.39, 0.29) is 6.54 Å². The minimum absolute atomic E-state index is 0.285. The van der Waals surface area contributed by atoms with Crippen molar-refractivity contribution in [3.63, 3.8) is 0 Å². The monoisotopic (exact) mass is 378 g/mol. The molecular weight excluding hydrogens is 356 g/mol. The molecule has 0 aliphatic rings. The molecule has 8 heteroatoms. The van der Waals surface area contributed by atoms with E-state index in [1.807, 2.05) is 37.3 Å². The van der Waals surface area contributed by atoms with Crippen molar-refractivity contribution < 1.29 is 9.84 Å². The Kier molecular flexibility index (Phi) is 4.35. The van der Waals surface area contributed by atoms with Gasteiger partial charge in [-0.2, -0.15) is 5.10 Å². The number of pyridine rings is 1. The Balaban J connectivity index is 1.87. The highest BCUT2D eigenvalue weighted by Crippen LogP contribution is 2.32. The van der Waals surface area contributed by atoms with Crippen LogP contribution in [0.4, 0.5) is 5.82 Å². The first-order valence-electron chi connectivity index (χ1n) is 9.09. The first kappa shape index (κ1) is 18.1. The number of nitrogens with two attached hydrogens (primary N) is 1. The largest absolute Gasteiger partial charge is 0.478 e. The van der Waals surface area contributed by atoms with E-state index in [0.717, 1.165) is 16.5 Å². The Morgan fingerprint density at radius 3 is 2.75 bits per heavy atom. The SMILES string of the molecule is CCOc1ccc2cc(-c3nn(CC(C)(C)O)c4ncnc(N)c34)ccc2n1. The van der Waals surface area contributed by atoms with Crippen LogP contribution >= 0.6 is 0 Å². The maximum Gasteiger partial charge on any atom is 0.213 e. The molecule has 3 N–H and O–H groups in total. The number of hydrogen-bond donors (Lipinski definition) is 2. The summed E-state index contributed by atoms with van der Waals surface area (Å²) in [6, 6.07) is 9.67. The number of ether oxygens (including phenoxy) is 1. The molecule has 0 aliphatic heterocycles. The molecule has 4 rings (SSSR count). The van der Waals surface area contributed by atoms with Gasteiger partial charge in [0.25, 0.3) is 0 Å². The molecule has 4 aromatic rings. The molecule has 3 heterocycles. The third-order valence-corrected chi connectivity index (χ3v) is 4.32.